The van der Waals surface area contributed by atoms with Crippen molar-refractivity contribution in [3.05, 3.63) is 66.4 Å². The predicted molar refractivity (Wildman–Crippen MR) is 75.4 cm³/mol. The van der Waals surface area contributed by atoms with Crippen molar-refractivity contribution in [1.29, 1.82) is 0 Å². The summed E-state index contributed by atoms with van der Waals surface area (Å²) in [6, 6.07) is 17.9. The quantitative estimate of drug-likeness (QED) is 0.727. The number of nitrogens with zero attached hydrogens (tertiary/aromatic N) is 3. The Labute approximate surface area is 111 Å². The average Bonchev–Trinajstić information content (AvgIpc) is 2.89. The maximum atomic E-state index is 5.70. The van der Waals surface area contributed by atoms with E-state index in [1.807, 2.05) is 47.1 Å². The van der Waals surface area contributed by atoms with Gasteiger partial charge in [-0.2, -0.15) is 0 Å². The van der Waals surface area contributed by atoms with Crippen LogP contribution < -0.4 is 5.73 Å². The van der Waals surface area contributed by atoms with Crippen LogP contribution in [0.2, 0.25) is 0 Å². The fourth-order valence-electron chi connectivity index (χ4n) is 2.01. The second-order valence-electron chi connectivity index (χ2n) is 4.38. The molecule has 0 radical (unpaired) electrons. The Morgan fingerprint density at radius 1 is 0.947 bits per heavy atom. The first-order chi connectivity index (χ1) is 9.33. The molecule has 0 unspecified atom stereocenters. The standard InChI is InChI=1S/C15H14N4/c16-14-8-6-13(7-9-14)15-10-17-18-19(15)11-12-4-2-1-3-5-12/h1-10H,11,16H2. The van der Waals surface area contributed by atoms with E-state index in [0.717, 1.165) is 16.9 Å². The first-order valence-corrected chi connectivity index (χ1v) is 6.11. The third kappa shape index (κ3) is 2.47. The Balaban J connectivity index is 1.92. The summed E-state index contributed by atoms with van der Waals surface area (Å²) in [5, 5.41) is 8.14. The second kappa shape index (κ2) is 4.94. The molecule has 0 saturated carbocycles. The molecular weight excluding hydrogens is 236 g/mol. The fraction of sp³-hybridized carbons (Fsp3) is 0.0667. The van der Waals surface area contributed by atoms with Crippen molar-refractivity contribution in [3.8, 4) is 11.3 Å². The molecule has 3 rings (SSSR count). The number of hydrogen-bond acceptors (Lipinski definition) is 3. The molecule has 94 valence electrons. The summed E-state index contributed by atoms with van der Waals surface area (Å²) in [5.74, 6) is 0. The van der Waals surface area contributed by atoms with Crippen LogP contribution in [0.1, 0.15) is 5.56 Å². The van der Waals surface area contributed by atoms with Gasteiger partial charge in [0.2, 0.25) is 0 Å². The van der Waals surface area contributed by atoms with Gasteiger partial charge in [0.05, 0.1) is 18.4 Å². The number of nitrogen functional groups attached to an aromatic ring is 1. The molecule has 0 spiro atoms. The molecule has 0 aliphatic carbocycles. The Morgan fingerprint density at radius 2 is 1.68 bits per heavy atom. The van der Waals surface area contributed by atoms with E-state index in [1.165, 1.54) is 5.56 Å². The maximum absolute atomic E-state index is 5.70. The molecule has 0 aliphatic rings. The van der Waals surface area contributed by atoms with Gasteiger partial charge in [-0.25, -0.2) is 4.68 Å². The number of aromatic nitrogens is 3. The van der Waals surface area contributed by atoms with Gasteiger partial charge in [0, 0.05) is 11.3 Å². The molecule has 0 amide bonds. The van der Waals surface area contributed by atoms with Crippen molar-refractivity contribution in [2.45, 2.75) is 6.54 Å². The van der Waals surface area contributed by atoms with Crippen molar-refractivity contribution in [1.82, 2.24) is 15.0 Å². The first-order valence-electron chi connectivity index (χ1n) is 6.11. The number of benzene rings is 2. The smallest absolute Gasteiger partial charge is 0.0889 e. The highest BCUT2D eigenvalue weighted by molar-refractivity contribution is 5.61. The van der Waals surface area contributed by atoms with Gasteiger partial charge < -0.3 is 5.73 Å². The molecule has 19 heavy (non-hydrogen) atoms. The lowest BCUT2D eigenvalue weighted by atomic mass is 10.1. The zero-order valence-corrected chi connectivity index (χ0v) is 10.4. The van der Waals surface area contributed by atoms with Crippen molar-refractivity contribution in [3.63, 3.8) is 0 Å². The van der Waals surface area contributed by atoms with Crippen molar-refractivity contribution >= 4 is 5.69 Å². The van der Waals surface area contributed by atoms with Gasteiger partial charge in [-0.05, 0) is 17.7 Å². The van der Waals surface area contributed by atoms with Crippen molar-refractivity contribution < 1.29 is 0 Å². The third-order valence-electron chi connectivity index (χ3n) is 3.00. The largest absolute Gasteiger partial charge is 0.399 e. The second-order valence-corrected chi connectivity index (χ2v) is 4.38. The molecular formula is C15H14N4. The Kier molecular flexibility index (Phi) is 2.98. The van der Waals surface area contributed by atoms with E-state index < -0.39 is 0 Å². The lowest BCUT2D eigenvalue weighted by molar-refractivity contribution is 0.655. The van der Waals surface area contributed by atoms with Crippen LogP contribution in [0, 0.1) is 0 Å². The third-order valence-corrected chi connectivity index (χ3v) is 3.00. The van der Waals surface area contributed by atoms with Crippen LogP contribution in [-0.2, 0) is 6.54 Å². The molecule has 3 aromatic rings. The molecule has 0 atom stereocenters. The zero-order valence-electron chi connectivity index (χ0n) is 10.4. The zero-order chi connectivity index (χ0) is 13.1. The molecule has 2 N–H and O–H groups in total. The van der Waals surface area contributed by atoms with Crippen LogP contribution in [0.25, 0.3) is 11.3 Å². The van der Waals surface area contributed by atoms with E-state index in [9.17, 15) is 0 Å². The van der Waals surface area contributed by atoms with Crippen LogP contribution in [0.5, 0.6) is 0 Å². The lowest BCUT2D eigenvalue weighted by Gasteiger charge is -2.06. The Morgan fingerprint density at radius 3 is 2.42 bits per heavy atom. The summed E-state index contributed by atoms with van der Waals surface area (Å²) in [5.41, 5.74) is 9.71. The molecule has 0 aliphatic heterocycles. The van der Waals surface area contributed by atoms with Crippen molar-refractivity contribution in [2.75, 3.05) is 5.73 Å². The number of nitrogens with two attached hydrogens (primary N) is 1. The topological polar surface area (TPSA) is 56.7 Å². The van der Waals surface area contributed by atoms with Gasteiger partial charge in [0.1, 0.15) is 0 Å². The van der Waals surface area contributed by atoms with Crippen LogP contribution in [0.4, 0.5) is 5.69 Å². The molecule has 0 bridgehead atoms. The molecule has 4 heteroatoms. The molecule has 1 heterocycles. The van der Waals surface area contributed by atoms with Gasteiger partial charge in [0.15, 0.2) is 0 Å². The van der Waals surface area contributed by atoms with Gasteiger partial charge in [-0.15, -0.1) is 5.10 Å². The number of rotatable bonds is 3. The summed E-state index contributed by atoms with van der Waals surface area (Å²) >= 11 is 0. The number of hydrogen-bond donors (Lipinski definition) is 1. The van der Waals surface area contributed by atoms with E-state index in [2.05, 4.69) is 22.4 Å². The molecule has 0 fully saturated rings. The summed E-state index contributed by atoms with van der Waals surface area (Å²) in [6.45, 7) is 0.709. The monoisotopic (exact) mass is 250 g/mol. The minimum atomic E-state index is 0.709. The van der Waals surface area contributed by atoms with Crippen LogP contribution >= 0.6 is 0 Å². The summed E-state index contributed by atoms with van der Waals surface area (Å²) in [4.78, 5) is 0. The maximum Gasteiger partial charge on any atom is 0.0889 e. The van der Waals surface area contributed by atoms with Gasteiger partial charge >= 0.3 is 0 Å². The summed E-state index contributed by atoms with van der Waals surface area (Å²) in [7, 11) is 0. The molecule has 4 nitrogen and oxygen atoms in total. The van der Waals surface area contributed by atoms with Crippen LogP contribution in [0.15, 0.2) is 60.8 Å². The summed E-state index contributed by atoms with van der Waals surface area (Å²) < 4.78 is 1.89. The van der Waals surface area contributed by atoms with Crippen molar-refractivity contribution in [2.24, 2.45) is 0 Å². The van der Waals surface area contributed by atoms with E-state index in [1.54, 1.807) is 6.20 Å². The first kappa shape index (κ1) is 11.5. The van der Waals surface area contributed by atoms with Gasteiger partial charge in [0.25, 0.3) is 0 Å². The highest BCUT2D eigenvalue weighted by atomic mass is 15.4. The van der Waals surface area contributed by atoms with Gasteiger partial charge in [-0.3, -0.25) is 0 Å². The lowest BCUT2D eigenvalue weighted by Crippen LogP contribution is -2.03. The molecule has 1 aromatic heterocycles. The average molecular weight is 250 g/mol. The molecule has 2 aromatic carbocycles. The Hall–Kier alpha value is -2.62. The number of anilines is 1. The fourth-order valence-corrected chi connectivity index (χ4v) is 2.01. The highest BCUT2D eigenvalue weighted by Crippen LogP contribution is 2.20. The highest BCUT2D eigenvalue weighted by Gasteiger charge is 2.06. The summed E-state index contributed by atoms with van der Waals surface area (Å²) in [6.07, 6.45) is 1.77. The predicted octanol–water partition coefficient (Wildman–Crippen LogP) is 2.58. The minimum Gasteiger partial charge on any atom is -0.399 e. The Bertz CT molecular complexity index is 656. The van der Waals surface area contributed by atoms with E-state index in [0.29, 0.717) is 6.54 Å². The van der Waals surface area contributed by atoms with Gasteiger partial charge in [-0.1, -0.05) is 47.7 Å². The van der Waals surface area contributed by atoms with E-state index in [-0.39, 0.29) is 0 Å². The minimum absolute atomic E-state index is 0.709. The SMILES string of the molecule is Nc1ccc(-c2cnnn2Cc2ccccc2)cc1. The molecule has 0 saturated heterocycles. The van der Waals surface area contributed by atoms with Crippen LogP contribution in [-0.4, -0.2) is 15.0 Å². The normalized spacial score (nSPS) is 10.5. The van der Waals surface area contributed by atoms with E-state index in [4.69, 9.17) is 5.73 Å². The van der Waals surface area contributed by atoms with Crippen LogP contribution in [0.3, 0.4) is 0 Å². The van der Waals surface area contributed by atoms with E-state index >= 15 is 0 Å².